The highest BCUT2D eigenvalue weighted by Crippen LogP contribution is 2.20. The van der Waals surface area contributed by atoms with Crippen molar-refractivity contribution in [3.63, 3.8) is 0 Å². The summed E-state index contributed by atoms with van der Waals surface area (Å²) in [5.74, 6) is 3.41. The van der Waals surface area contributed by atoms with E-state index in [0.29, 0.717) is 22.5 Å². The summed E-state index contributed by atoms with van der Waals surface area (Å²) < 4.78 is 26.0. The van der Waals surface area contributed by atoms with E-state index < -0.39 is 29.9 Å². The number of anilines is 1. The number of hydrogen-bond acceptors (Lipinski definition) is 7. The molecule has 0 aliphatic rings. The first-order chi connectivity index (χ1) is 13.1. The third kappa shape index (κ3) is 5.01. The van der Waals surface area contributed by atoms with Crippen LogP contribution in [0.5, 0.6) is 0 Å². The molecule has 8 nitrogen and oxygen atoms in total. The second-order valence-corrected chi connectivity index (χ2v) is 6.86. The van der Waals surface area contributed by atoms with Gasteiger partial charge in [-0.25, -0.2) is 19.2 Å². The maximum atomic E-state index is 13.0. The first-order valence-corrected chi connectivity index (χ1v) is 8.55. The van der Waals surface area contributed by atoms with E-state index in [1.54, 1.807) is 0 Å². The minimum absolute atomic E-state index is 0.0355. The van der Waals surface area contributed by atoms with Crippen molar-refractivity contribution >= 4 is 28.3 Å². The zero-order valence-corrected chi connectivity index (χ0v) is 15.3. The van der Waals surface area contributed by atoms with Crippen LogP contribution in [0.1, 0.15) is 27.7 Å². The number of carbonyl (C=O) groups excluding carboxylic acids is 2. The summed E-state index contributed by atoms with van der Waals surface area (Å²) in [6.45, 7) is 0.669. The normalized spacial score (nSPS) is 13.8. The summed E-state index contributed by atoms with van der Waals surface area (Å²) in [7, 11) is 0. The number of carbonyl (C=O) groups is 2. The van der Waals surface area contributed by atoms with E-state index >= 15 is 0 Å². The zero-order chi connectivity index (χ0) is 20.9. The van der Waals surface area contributed by atoms with Crippen LogP contribution in [-0.2, 0) is 4.79 Å². The Bertz CT molecular complexity index is 919. The van der Waals surface area contributed by atoms with Crippen molar-refractivity contribution in [3.8, 4) is 11.8 Å². The fraction of sp³-hybridized carbons (Fsp3) is 0.235. The summed E-state index contributed by atoms with van der Waals surface area (Å²) >= 11 is 1.22. The standard InChI is InChI=1S/C17H16F2N4O4S/c1-17(26,15(18)19)12(14(25)23-27)22-13(24)10-5-2-9(3-6-10)4-7-11-8-21-16(20)28-11/h2-3,5-6,8,12,15,26-27H,1H3,(H2,20,21)(H,22,24)(H,23,25)/t12-,17+/m1/s1. The first-order valence-electron chi connectivity index (χ1n) is 7.74. The van der Waals surface area contributed by atoms with Gasteiger partial charge in [-0.3, -0.25) is 14.8 Å². The van der Waals surface area contributed by atoms with E-state index in [1.807, 2.05) is 5.32 Å². The molecule has 2 atom stereocenters. The average molecular weight is 410 g/mol. The number of nitrogens with two attached hydrogens (primary N) is 1. The van der Waals surface area contributed by atoms with Crippen molar-refractivity contribution in [2.75, 3.05) is 5.73 Å². The van der Waals surface area contributed by atoms with Gasteiger partial charge in [0.2, 0.25) is 0 Å². The van der Waals surface area contributed by atoms with Gasteiger partial charge in [-0.15, -0.1) is 0 Å². The predicted octanol–water partition coefficient (Wildman–Crippen LogP) is 0.745. The molecule has 0 aliphatic carbocycles. The lowest BCUT2D eigenvalue weighted by atomic mass is 9.95. The van der Waals surface area contributed by atoms with Gasteiger partial charge in [-0.05, 0) is 37.1 Å². The monoisotopic (exact) mass is 410 g/mol. The van der Waals surface area contributed by atoms with Crippen LogP contribution in [0.4, 0.5) is 13.9 Å². The summed E-state index contributed by atoms with van der Waals surface area (Å²) in [6.07, 6.45) is -1.83. The van der Waals surface area contributed by atoms with Crippen molar-refractivity contribution in [1.82, 2.24) is 15.8 Å². The van der Waals surface area contributed by atoms with Gasteiger partial charge in [0.05, 0.1) is 11.1 Å². The van der Waals surface area contributed by atoms with Gasteiger partial charge in [0, 0.05) is 11.1 Å². The molecule has 0 radical (unpaired) electrons. The van der Waals surface area contributed by atoms with E-state index in [4.69, 9.17) is 10.9 Å². The fourth-order valence-corrected chi connectivity index (χ4v) is 2.60. The quantitative estimate of drug-likeness (QED) is 0.280. The number of amides is 2. The molecular formula is C17H16F2N4O4S. The molecule has 0 fully saturated rings. The van der Waals surface area contributed by atoms with Crippen molar-refractivity contribution < 1.29 is 28.7 Å². The van der Waals surface area contributed by atoms with Crippen LogP contribution in [0.25, 0.3) is 0 Å². The highest BCUT2D eigenvalue weighted by atomic mass is 32.1. The van der Waals surface area contributed by atoms with Gasteiger partial charge in [0.25, 0.3) is 18.2 Å². The number of rotatable bonds is 5. The zero-order valence-electron chi connectivity index (χ0n) is 14.4. The molecule has 1 aromatic carbocycles. The second kappa shape index (κ2) is 8.75. The van der Waals surface area contributed by atoms with Crippen LogP contribution in [0.3, 0.4) is 0 Å². The number of aliphatic hydroxyl groups is 1. The Morgan fingerprint density at radius 1 is 1.29 bits per heavy atom. The van der Waals surface area contributed by atoms with E-state index in [1.165, 1.54) is 41.8 Å². The van der Waals surface area contributed by atoms with Gasteiger partial charge in [0.15, 0.2) is 10.7 Å². The number of aromatic nitrogens is 1. The molecule has 148 valence electrons. The van der Waals surface area contributed by atoms with E-state index in [0.717, 1.165) is 5.48 Å². The maximum Gasteiger partial charge on any atom is 0.269 e. The minimum atomic E-state index is -3.35. The number of thiazole rings is 1. The number of nitrogens with one attached hydrogen (secondary N) is 2. The van der Waals surface area contributed by atoms with Crippen LogP contribution < -0.4 is 16.5 Å². The Kier molecular flexibility index (Phi) is 6.63. The number of halogens is 2. The molecule has 0 bridgehead atoms. The SMILES string of the molecule is C[C@@](O)(C(F)F)[C@H](NC(=O)c1ccc(C#Cc2cnc(N)s2)cc1)C(=O)NO. The van der Waals surface area contributed by atoms with Crippen LogP contribution in [0.15, 0.2) is 30.5 Å². The van der Waals surface area contributed by atoms with E-state index in [2.05, 4.69) is 16.8 Å². The Hall–Kier alpha value is -3.07. The molecule has 2 amide bonds. The first kappa shape index (κ1) is 21.2. The van der Waals surface area contributed by atoms with Gasteiger partial charge >= 0.3 is 0 Å². The van der Waals surface area contributed by atoms with Gasteiger partial charge < -0.3 is 16.2 Å². The molecule has 0 aliphatic heterocycles. The lowest BCUT2D eigenvalue weighted by Gasteiger charge is -2.30. The summed E-state index contributed by atoms with van der Waals surface area (Å²) in [5, 5.41) is 20.9. The second-order valence-electron chi connectivity index (χ2n) is 5.80. The molecule has 0 saturated carbocycles. The fourth-order valence-electron chi connectivity index (χ4n) is 2.07. The summed E-state index contributed by atoms with van der Waals surface area (Å²) in [4.78, 5) is 28.4. The Morgan fingerprint density at radius 2 is 1.93 bits per heavy atom. The summed E-state index contributed by atoms with van der Waals surface area (Å²) in [6, 6.07) is 3.68. The molecule has 1 aromatic heterocycles. The molecule has 1 heterocycles. The number of hydrogen-bond donors (Lipinski definition) is 5. The highest BCUT2D eigenvalue weighted by Gasteiger charge is 2.46. The summed E-state index contributed by atoms with van der Waals surface area (Å²) in [5.41, 5.74) is 4.35. The largest absolute Gasteiger partial charge is 0.381 e. The maximum absolute atomic E-state index is 13.0. The predicted molar refractivity (Wildman–Crippen MR) is 96.8 cm³/mol. The lowest BCUT2D eigenvalue weighted by molar-refractivity contribution is -0.149. The number of alkyl halides is 2. The molecule has 2 aromatic rings. The van der Waals surface area contributed by atoms with Crippen LogP contribution >= 0.6 is 11.3 Å². The molecule has 28 heavy (non-hydrogen) atoms. The molecule has 0 unspecified atom stereocenters. The van der Waals surface area contributed by atoms with Crippen LogP contribution in [0.2, 0.25) is 0 Å². The molecule has 0 saturated heterocycles. The highest BCUT2D eigenvalue weighted by molar-refractivity contribution is 7.15. The van der Waals surface area contributed by atoms with Gasteiger partial charge in [0.1, 0.15) is 6.04 Å². The topological polar surface area (TPSA) is 138 Å². The Labute approximate surface area is 162 Å². The number of nitrogens with zero attached hydrogens (tertiary/aromatic N) is 1. The molecule has 11 heteroatoms. The Morgan fingerprint density at radius 3 is 2.43 bits per heavy atom. The van der Waals surface area contributed by atoms with Crippen molar-refractivity contribution in [2.45, 2.75) is 25.0 Å². The third-order valence-electron chi connectivity index (χ3n) is 3.67. The average Bonchev–Trinajstić information content (AvgIpc) is 3.09. The minimum Gasteiger partial charge on any atom is -0.381 e. The molecule has 0 spiro atoms. The number of hydroxylamine groups is 1. The van der Waals surface area contributed by atoms with E-state index in [9.17, 15) is 23.5 Å². The Balaban J connectivity index is 2.15. The van der Waals surface area contributed by atoms with Crippen LogP contribution in [0, 0.1) is 11.8 Å². The molecule has 6 N–H and O–H groups in total. The number of benzene rings is 1. The molecular weight excluding hydrogens is 394 g/mol. The smallest absolute Gasteiger partial charge is 0.269 e. The van der Waals surface area contributed by atoms with Gasteiger partial charge in [-0.2, -0.15) is 0 Å². The van der Waals surface area contributed by atoms with Crippen molar-refractivity contribution in [1.29, 1.82) is 0 Å². The van der Waals surface area contributed by atoms with E-state index in [-0.39, 0.29) is 5.56 Å². The van der Waals surface area contributed by atoms with Crippen molar-refractivity contribution in [3.05, 3.63) is 46.5 Å². The van der Waals surface area contributed by atoms with Gasteiger partial charge in [-0.1, -0.05) is 17.3 Å². The van der Waals surface area contributed by atoms with Crippen LogP contribution in [-0.4, -0.2) is 45.2 Å². The number of nitrogen functional groups attached to an aromatic ring is 1. The third-order valence-corrected chi connectivity index (χ3v) is 4.42. The van der Waals surface area contributed by atoms with Crippen molar-refractivity contribution in [2.24, 2.45) is 0 Å². The lowest BCUT2D eigenvalue weighted by Crippen LogP contribution is -2.61. The molecule has 2 rings (SSSR count).